The maximum absolute atomic E-state index is 11.6. The fourth-order valence-corrected chi connectivity index (χ4v) is 4.10. The van der Waals surface area contributed by atoms with Gasteiger partial charge in [-0.1, -0.05) is 25.5 Å². The van der Waals surface area contributed by atoms with Gasteiger partial charge < -0.3 is 21.5 Å². The number of nitrogens with one attached hydrogen (secondary N) is 1. The molecule has 0 unspecified atom stereocenters. The first-order valence-electron chi connectivity index (χ1n) is 11.5. The molecule has 0 amide bonds. The summed E-state index contributed by atoms with van der Waals surface area (Å²) in [4.78, 5) is 19.7. The van der Waals surface area contributed by atoms with Crippen LogP contribution in [0.2, 0.25) is 0 Å². The number of anilines is 2. The topological polar surface area (TPSA) is 142 Å². The maximum atomic E-state index is 11.6. The summed E-state index contributed by atoms with van der Waals surface area (Å²) in [6, 6.07) is 7.81. The second-order valence-electron chi connectivity index (χ2n) is 8.51. The standard InChI is InChI=1S/C23H34N6O3/c1-2-3-12-32-19-10-8-18(9-11-19)15-26-23-27-20(21(29(30)31)22(25)28-23)13-16-4-6-17(14-24)7-5-16/h8-11,16-17H,2-7,12-15,24H2,1H3,(H3,25,26,27,28). The Bertz CT molecular complexity index is 882. The van der Waals surface area contributed by atoms with Gasteiger partial charge in [0, 0.05) is 6.54 Å². The fourth-order valence-electron chi connectivity index (χ4n) is 4.10. The van der Waals surface area contributed by atoms with Crippen molar-refractivity contribution in [3.63, 3.8) is 0 Å². The van der Waals surface area contributed by atoms with Crippen LogP contribution >= 0.6 is 0 Å². The predicted molar refractivity (Wildman–Crippen MR) is 125 cm³/mol. The number of aromatic nitrogens is 2. The lowest BCUT2D eigenvalue weighted by molar-refractivity contribution is -0.385. The Kier molecular flexibility index (Phi) is 8.61. The Labute approximate surface area is 189 Å². The van der Waals surface area contributed by atoms with E-state index < -0.39 is 4.92 Å². The van der Waals surface area contributed by atoms with Gasteiger partial charge in [-0.05, 0) is 74.6 Å². The zero-order chi connectivity index (χ0) is 22.9. The smallest absolute Gasteiger partial charge is 0.332 e. The van der Waals surface area contributed by atoms with Gasteiger partial charge in [-0.15, -0.1) is 0 Å². The number of ether oxygens (including phenoxy) is 1. The molecule has 1 heterocycles. The Hall–Kier alpha value is -2.94. The molecule has 9 heteroatoms. The Balaban J connectivity index is 1.66. The van der Waals surface area contributed by atoms with Gasteiger partial charge in [-0.2, -0.15) is 4.98 Å². The van der Waals surface area contributed by atoms with Crippen LogP contribution in [0.15, 0.2) is 24.3 Å². The second kappa shape index (κ2) is 11.6. The largest absolute Gasteiger partial charge is 0.494 e. The minimum Gasteiger partial charge on any atom is -0.494 e. The van der Waals surface area contributed by atoms with Gasteiger partial charge in [0.2, 0.25) is 11.8 Å². The third kappa shape index (κ3) is 6.53. The van der Waals surface area contributed by atoms with Crippen molar-refractivity contribution in [1.29, 1.82) is 0 Å². The van der Waals surface area contributed by atoms with Gasteiger partial charge in [0.25, 0.3) is 0 Å². The molecule has 1 aromatic carbocycles. The van der Waals surface area contributed by atoms with Crippen LogP contribution in [-0.4, -0.2) is 28.0 Å². The van der Waals surface area contributed by atoms with E-state index in [1.165, 1.54) is 0 Å². The molecule has 3 rings (SSSR count). The molecule has 2 aromatic rings. The van der Waals surface area contributed by atoms with Crippen molar-refractivity contribution >= 4 is 17.5 Å². The molecule has 1 aromatic heterocycles. The lowest BCUT2D eigenvalue weighted by Crippen LogP contribution is -2.23. The van der Waals surface area contributed by atoms with Crippen LogP contribution in [0.4, 0.5) is 17.5 Å². The van der Waals surface area contributed by atoms with Gasteiger partial charge in [-0.3, -0.25) is 10.1 Å². The normalized spacial score (nSPS) is 18.3. The summed E-state index contributed by atoms with van der Waals surface area (Å²) in [6.45, 7) is 4.02. The number of hydrogen-bond donors (Lipinski definition) is 3. The SMILES string of the molecule is CCCCOc1ccc(CNc2nc(N)c([N+](=O)[O-])c(CC3CCC(CN)CC3)n2)cc1. The number of unbranched alkanes of at least 4 members (excludes halogenated alkanes) is 1. The van der Waals surface area contributed by atoms with Crippen LogP contribution in [-0.2, 0) is 13.0 Å². The molecule has 1 aliphatic carbocycles. The predicted octanol–water partition coefficient (Wildman–Crippen LogP) is 4.07. The summed E-state index contributed by atoms with van der Waals surface area (Å²) in [7, 11) is 0. The minimum absolute atomic E-state index is 0.0992. The van der Waals surface area contributed by atoms with Gasteiger partial charge >= 0.3 is 5.69 Å². The van der Waals surface area contributed by atoms with Crippen molar-refractivity contribution in [2.75, 3.05) is 24.2 Å². The molecule has 0 aliphatic heterocycles. The molecule has 9 nitrogen and oxygen atoms in total. The van der Waals surface area contributed by atoms with Crippen molar-refractivity contribution in [3.05, 3.63) is 45.6 Å². The number of nitrogens with zero attached hydrogens (tertiary/aromatic N) is 3. The van der Waals surface area contributed by atoms with E-state index >= 15 is 0 Å². The highest BCUT2D eigenvalue weighted by Gasteiger charge is 2.27. The summed E-state index contributed by atoms with van der Waals surface area (Å²) in [5.74, 6) is 1.95. The second-order valence-corrected chi connectivity index (χ2v) is 8.51. The number of nitro groups is 1. The first-order valence-corrected chi connectivity index (χ1v) is 11.5. The molecular weight excluding hydrogens is 408 g/mol. The highest BCUT2D eigenvalue weighted by molar-refractivity contribution is 5.58. The van der Waals surface area contributed by atoms with E-state index in [-0.39, 0.29) is 11.5 Å². The average Bonchev–Trinajstić information content (AvgIpc) is 2.79. The Morgan fingerprint density at radius 3 is 2.47 bits per heavy atom. The molecule has 1 saturated carbocycles. The number of nitrogens with two attached hydrogens (primary N) is 2. The molecule has 5 N–H and O–H groups in total. The van der Waals surface area contributed by atoms with Crippen molar-refractivity contribution in [1.82, 2.24) is 9.97 Å². The monoisotopic (exact) mass is 442 g/mol. The van der Waals surface area contributed by atoms with E-state index in [1.54, 1.807) is 0 Å². The summed E-state index contributed by atoms with van der Waals surface area (Å²) >= 11 is 0. The van der Waals surface area contributed by atoms with Crippen LogP contribution in [0.3, 0.4) is 0 Å². The molecular formula is C23H34N6O3. The van der Waals surface area contributed by atoms with E-state index in [1.807, 2.05) is 24.3 Å². The van der Waals surface area contributed by atoms with Crippen molar-refractivity contribution < 1.29 is 9.66 Å². The minimum atomic E-state index is -0.475. The van der Waals surface area contributed by atoms with Gasteiger partial charge in [0.15, 0.2) is 0 Å². The lowest BCUT2D eigenvalue weighted by Gasteiger charge is -2.27. The third-order valence-electron chi connectivity index (χ3n) is 6.09. The van der Waals surface area contributed by atoms with Crippen molar-refractivity contribution in [2.45, 2.75) is 58.4 Å². The first-order chi connectivity index (χ1) is 15.5. The highest BCUT2D eigenvalue weighted by Crippen LogP contribution is 2.34. The molecule has 32 heavy (non-hydrogen) atoms. The first kappa shape index (κ1) is 23.7. The molecule has 0 spiro atoms. The molecule has 0 saturated heterocycles. The van der Waals surface area contributed by atoms with Crippen molar-refractivity contribution in [3.8, 4) is 5.75 Å². The lowest BCUT2D eigenvalue weighted by atomic mass is 9.80. The van der Waals surface area contributed by atoms with Crippen LogP contribution in [0.25, 0.3) is 0 Å². The van der Waals surface area contributed by atoms with E-state index in [2.05, 4.69) is 22.2 Å². The highest BCUT2D eigenvalue weighted by atomic mass is 16.6. The summed E-state index contributed by atoms with van der Waals surface area (Å²) in [6.07, 6.45) is 6.75. The van der Waals surface area contributed by atoms with E-state index in [4.69, 9.17) is 16.2 Å². The van der Waals surface area contributed by atoms with Gasteiger partial charge in [0.05, 0.1) is 11.5 Å². The molecule has 174 valence electrons. The van der Waals surface area contributed by atoms with Crippen LogP contribution < -0.4 is 21.5 Å². The van der Waals surface area contributed by atoms with Crippen LogP contribution in [0.5, 0.6) is 5.75 Å². The number of rotatable bonds is 11. The van der Waals surface area contributed by atoms with Crippen LogP contribution in [0, 0.1) is 22.0 Å². The zero-order valence-corrected chi connectivity index (χ0v) is 18.8. The Morgan fingerprint density at radius 2 is 1.84 bits per heavy atom. The summed E-state index contributed by atoms with van der Waals surface area (Å²) in [5, 5.41) is 14.7. The van der Waals surface area contributed by atoms with Crippen LogP contribution in [0.1, 0.15) is 56.7 Å². The van der Waals surface area contributed by atoms with E-state index in [0.717, 1.165) is 49.8 Å². The van der Waals surface area contributed by atoms with Gasteiger partial charge in [-0.25, -0.2) is 4.98 Å². The molecule has 1 aliphatic rings. The zero-order valence-electron chi connectivity index (χ0n) is 18.8. The van der Waals surface area contributed by atoms with E-state index in [0.29, 0.717) is 49.6 Å². The quantitative estimate of drug-likeness (QED) is 0.268. The third-order valence-corrected chi connectivity index (χ3v) is 6.09. The number of nitrogen functional groups attached to an aromatic ring is 1. The molecule has 0 atom stereocenters. The summed E-state index contributed by atoms with van der Waals surface area (Å²) < 4.78 is 5.68. The fraction of sp³-hybridized carbons (Fsp3) is 0.565. The van der Waals surface area contributed by atoms with Gasteiger partial charge in [0.1, 0.15) is 11.4 Å². The summed E-state index contributed by atoms with van der Waals surface area (Å²) in [5.41, 5.74) is 13.0. The maximum Gasteiger partial charge on any atom is 0.332 e. The number of benzene rings is 1. The Morgan fingerprint density at radius 1 is 1.16 bits per heavy atom. The molecule has 0 radical (unpaired) electrons. The molecule has 1 fully saturated rings. The average molecular weight is 443 g/mol. The van der Waals surface area contributed by atoms with E-state index in [9.17, 15) is 10.1 Å². The number of hydrogen-bond acceptors (Lipinski definition) is 8. The molecule has 0 bridgehead atoms. The van der Waals surface area contributed by atoms with Crippen molar-refractivity contribution in [2.24, 2.45) is 17.6 Å².